The van der Waals surface area contributed by atoms with Crippen molar-refractivity contribution in [1.29, 1.82) is 0 Å². The predicted molar refractivity (Wildman–Crippen MR) is 92.5 cm³/mol. The molecule has 0 unspecified atom stereocenters. The Hall–Kier alpha value is -2.45. The quantitative estimate of drug-likeness (QED) is 0.614. The first-order valence-electron chi connectivity index (χ1n) is 7.32. The van der Waals surface area contributed by atoms with Crippen molar-refractivity contribution in [2.45, 2.75) is 12.3 Å². The summed E-state index contributed by atoms with van der Waals surface area (Å²) in [6, 6.07) is 16.6. The van der Waals surface area contributed by atoms with Gasteiger partial charge in [-0.2, -0.15) is 0 Å². The van der Waals surface area contributed by atoms with Crippen molar-refractivity contribution in [2.24, 2.45) is 0 Å². The van der Waals surface area contributed by atoms with Crippen LogP contribution in [0.4, 0.5) is 0 Å². The van der Waals surface area contributed by atoms with E-state index in [2.05, 4.69) is 0 Å². The fraction of sp³-hybridized carbons (Fsp3) is 0.100. The summed E-state index contributed by atoms with van der Waals surface area (Å²) in [5, 5.41) is 0.183. The van der Waals surface area contributed by atoms with Crippen molar-refractivity contribution >= 4 is 29.2 Å². The molecule has 2 nitrogen and oxygen atoms in total. The van der Waals surface area contributed by atoms with Gasteiger partial charge in [-0.1, -0.05) is 72.3 Å². The van der Waals surface area contributed by atoms with Crippen molar-refractivity contribution in [3.8, 4) is 0 Å². The molecule has 2 aromatic rings. The van der Waals surface area contributed by atoms with E-state index in [1.165, 1.54) is 6.08 Å². The topological polar surface area (TPSA) is 34.1 Å². The zero-order valence-electron chi connectivity index (χ0n) is 12.6. The third-order valence-electron chi connectivity index (χ3n) is 4.12. The molecule has 0 saturated heterocycles. The van der Waals surface area contributed by atoms with E-state index in [1.54, 1.807) is 31.2 Å². The first kappa shape index (κ1) is 15.4. The second-order valence-corrected chi connectivity index (χ2v) is 6.08. The van der Waals surface area contributed by atoms with E-state index < -0.39 is 5.41 Å². The summed E-state index contributed by atoms with van der Waals surface area (Å²) in [5.74, 6) is -0.335. The van der Waals surface area contributed by atoms with Crippen LogP contribution in [0, 0.1) is 0 Å². The second-order valence-electron chi connectivity index (χ2n) is 5.67. The lowest BCUT2D eigenvalue weighted by atomic mass is 9.73. The van der Waals surface area contributed by atoms with Gasteiger partial charge in [0, 0.05) is 5.56 Å². The third kappa shape index (κ3) is 2.78. The van der Waals surface area contributed by atoms with Crippen molar-refractivity contribution in [3.05, 3.63) is 88.5 Å². The monoisotopic (exact) mass is 322 g/mol. The summed E-state index contributed by atoms with van der Waals surface area (Å²) < 4.78 is 0. The molecule has 0 heterocycles. The lowest BCUT2D eigenvalue weighted by molar-refractivity contribution is -0.118. The number of hydrogen-bond donors (Lipinski definition) is 0. The van der Waals surface area contributed by atoms with E-state index >= 15 is 0 Å². The molecule has 1 atom stereocenters. The summed E-state index contributed by atoms with van der Waals surface area (Å²) >= 11 is 6.10. The van der Waals surface area contributed by atoms with E-state index in [0.717, 1.165) is 11.1 Å². The van der Waals surface area contributed by atoms with Crippen LogP contribution in [0.25, 0.3) is 6.08 Å². The van der Waals surface area contributed by atoms with E-state index in [-0.39, 0.29) is 16.6 Å². The molecule has 0 fully saturated rings. The van der Waals surface area contributed by atoms with Gasteiger partial charge in [-0.05, 0) is 30.2 Å². The van der Waals surface area contributed by atoms with Gasteiger partial charge in [0.15, 0.2) is 11.6 Å². The first-order valence-corrected chi connectivity index (χ1v) is 7.70. The molecule has 3 heteroatoms. The highest BCUT2D eigenvalue weighted by atomic mass is 35.5. The van der Waals surface area contributed by atoms with E-state index in [9.17, 15) is 9.59 Å². The molecule has 2 aromatic carbocycles. The Morgan fingerprint density at radius 2 is 1.70 bits per heavy atom. The average molecular weight is 323 g/mol. The van der Waals surface area contributed by atoms with Gasteiger partial charge >= 0.3 is 0 Å². The number of hydrogen-bond acceptors (Lipinski definition) is 2. The SMILES string of the molecule is C[C@]1(/C=C\C(=O)c2ccccc2)C(=O)C(Cl)=Cc2ccccc21. The molecule has 0 N–H and O–H groups in total. The van der Waals surface area contributed by atoms with Gasteiger partial charge in [-0.3, -0.25) is 9.59 Å². The molecular weight excluding hydrogens is 308 g/mol. The molecule has 1 aliphatic carbocycles. The van der Waals surface area contributed by atoms with Crippen LogP contribution in [0.15, 0.2) is 71.8 Å². The maximum atomic E-state index is 12.6. The predicted octanol–water partition coefficient (Wildman–Crippen LogP) is 4.55. The highest BCUT2D eigenvalue weighted by molar-refractivity contribution is 6.46. The maximum absolute atomic E-state index is 12.6. The fourth-order valence-electron chi connectivity index (χ4n) is 2.77. The molecule has 0 aliphatic heterocycles. The summed E-state index contributed by atoms with van der Waals surface area (Å²) in [5.41, 5.74) is 1.40. The minimum Gasteiger partial charge on any atom is -0.292 e. The Morgan fingerprint density at radius 1 is 1.04 bits per heavy atom. The molecular formula is C20H15ClO2. The number of fused-ring (bicyclic) bond motifs is 1. The van der Waals surface area contributed by atoms with E-state index in [1.807, 2.05) is 42.5 Å². The number of ketones is 2. The largest absolute Gasteiger partial charge is 0.292 e. The fourth-order valence-corrected chi connectivity index (χ4v) is 3.09. The Morgan fingerprint density at radius 3 is 2.43 bits per heavy atom. The highest BCUT2D eigenvalue weighted by Gasteiger charge is 2.38. The molecule has 114 valence electrons. The van der Waals surface area contributed by atoms with Gasteiger partial charge in [0.05, 0.1) is 10.4 Å². The van der Waals surface area contributed by atoms with Gasteiger partial charge in [0.1, 0.15) is 0 Å². The van der Waals surface area contributed by atoms with Crippen LogP contribution in [0.2, 0.25) is 0 Å². The number of allylic oxidation sites excluding steroid dienone is 3. The van der Waals surface area contributed by atoms with Crippen LogP contribution in [-0.4, -0.2) is 11.6 Å². The summed E-state index contributed by atoms with van der Waals surface area (Å²) in [4.78, 5) is 24.9. The summed E-state index contributed by atoms with van der Waals surface area (Å²) in [7, 11) is 0. The molecule has 0 amide bonds. The second kappa shape index (κ2) is 5.98. The van der Waals surface area contributed by atoms with Gasteiger partial charge in [-0.15, -0.1) is 0 Å². The van der Waals surface area contributed by atoms with Crippen LogP contribution in [0.3, 0.4) is 0 Å². The lowest BCUT2D eigenvalue weighted by Gasteiger charge is -2.30. The molecule has 23 heavy (non-hydrogen) atoms. The lowest BCUT2D eigenvalue weighted by Crippen LogP contribution is -2.34. The molecule has 0 spiro atoms. The number of Topliss-reactive ketones (excluding diaryl/α,β-unsaturated/α-hetero) is 1. The van der Waals surface area contributed by atoms with Gasteiger partial charge < -0.3 is 0 Å². The van der Waals surface area contributed by atoms with Crippen molar-refractivity contribution in [3.63, 3.8) is 0 Å². The number of halogens is 1. The van der Waals surface area contributed by atoms with E-state index in [0.29, 0.717) is 5.56 Å². The van der Waals surface area contributed by atoms with Gasteiger partial charge in [0.25, 0.3) is 0 Å². The molecule has 0 saturated carbocycles. The zero-order valence-corrected chi connectivity index (χ0v) is 13.4. The molecule has 3 rings (SSSR count). The Kier molecular flexibility index (Phi) is 4.01. The van der Waals surface area contributed by atoms with Crippen LogP contribution in [0.1, 0.15) is 28.4 Å². The highest BCUT2D eigenvalue weighted by Crippen LogP contribution is 2.38. The van der Waals surface area contributed by atoms with Crippen molar-refractivity contribution in [1.82, 2.24) is 0 Å². The molecule has 0 bridgehead atoms. The van der Waals surface area contributed by atoms with E-state index in [4.69, 9.17) is 11.6 Å². The number of rotatable bonds is 3. The van der Waals surface area contributed by atoms with Crippen LogP contribution in [0.5, 0.6) is 0 Å². The van der Waals surface area contributed by atoms with Crippen molar-refractivity contribution < 1.29 is 9.59 Å². The number of benzene rings is 2. The summed E-state index contributed by atoms with van der Waals surface area (Å²) in [6.07, 6.45) is 4.78. The molecule has 0 aromatic heterocycles. The number of carbonyl (C=O) groups is 2. The molecule has 1 aliphatic rings. The Labute approximate surface area is 140 Å². The third-order valence-corrected chi connectivity index (χ3v) is 4.40. The minimum atomic E-state index is -0.938. The Balaban J connectivity index is 2.01. The van der Waals surface area contributed by atoms with Crippen LogP contribution >= 0.6 is 11.6 Å². The Bertz CT molecular complexity index is 834. The average Bonchev–Trinajstić information content (AvgIpc) is 2.59. The maximum Gasteiger partial charge on any atom is 0.188 e. The summed E-state index contributed by atoms with van der Waals surface area (Å²) in [6.45, 7) is 1.79. The van der Waals surface area contributed by atoms with Gasteiger partial charge in [-0.25, -0.2) is 0 Å². The number of carbonyl (C=O) groups excluding carboxylic acids is 2. The molecule has 0 radical (unpaired) electrons. The smallest absolute Gasteiger partial charge is 0.188 e. The normalized spacial score (nSPS) is 20.3. The van der Waals surface area contributed by atoms with Gasteiger partial charge in [0.2, 0.25) is 0 Å². The standard InChI is InChI=1S/C20H15ClO2/c1-20(12-11-18(22)14-7-3-2-4-8-14)16-10-6-5-9-15(16)13-17(21)19(20)23/h2-13H,1H3/b12-11-/t20-/m1/s1. The zero-order chi connectivity index (χ0) is 16.4. The van der Waals surface area contributed by atoms with Crippen LogP contribution in [-0.2, 0) is 10.2 Å². The first-order chi connectivity index (χ1) is 11.0. The minimum absolute atomic E-state index is 0.136. The van der Waals surface area contributed by atoms with Crippen molar-refractivity contribution in [2.75, 3.05) is 0 Å². The van der Waals surface area contributed by atoms with Crippen LogP contribution < -0.4 is 0 Å².